The number of carbonyl (C=O) groups is 2. The minimum absolute atomic E-state index is 0.147. The molecule has 3 amide bonds. The highest BCUT2D eigenvalue weighted by Crippen LogP contribution is 2.42. The van der Waals surface area contributed by atoms with E-state index in [9.17, 15) is 9.59 Å². The van der Waals surface area contributed by atoms with Crippen LogP contribution in [0, 0.1) is 0 Å². The van der Waals surface area contributed by atoms with Gasteiger partial charge in [0.2, 0.25) is 5.75 Å². The Kier molecular flexibility index (Phi) is 4.75. The predicted molar refractivity (Wildman–Crippen MR) is 94.3 cm³/mol. The van der Waals surface area contributed by atoms with Gasteiger partial charge in [0, 0.05) is 6.54 Å². The number of urea groups is 1. The number of rotatable bonds is 6. The fourth-order valence-corrected chi connectivity index (χ4v) is 3.25. The molecule has 0 saturated carbocycles. The van der Waals surface area contributed by atoms with Gasteiger partial charge in [-0.05, 0) is 17.7 Å². The van der Waals surface area contributed by atoms with Crippen LogP contribution in [-0.2, 0) is 4.79 Å². The molecule has 0 aliphatic carbocycles. The first-order valence-electron chi connectivity index (χ1n) is 8.04. The van der Waals surface area contributed by atoms with E-state index in [0.29, 0.717) is 47.2 Å². The number of benzene rings is 1. The minimum atomic E-state index is -0.616. The van der Waals surface area contributed by atoms with Gasteiger partial charge in [0.15, 0.2) is 11.5 Å². The predicted octanol–water partition coefficient (Wildman–Crippen LogP) is 1.35. The molecule has 138 valence electrons. The number of ether oxygens (including phenoxy) is 3. The normalized spacial score (nSPS) is 18.9. The van der Waals surface area contributed by atoms with Crippen LogP contribution in [-0.4, -0.2) is 51.3 Å². The van der Waals surface area contributed by atoms with Crippen molar-refractivity contribution >= 4 is 11.9 Å². The average molecular weight is 359 g/mol. The van der Waals surface area contributed by atoms with E-state index in [2.05, 4.69) is 17.2 Å². The van der Waals surface area contributed by atoms with E-state index < -0.39 is 6.04 Å². The average Bonchev–Trinajstić information content (AvgIpc) is 2.95. The van der Waals surface area contributed by atoms with Crippen molar-refractivity contribution in [2.75, 3.05) is 34.4 Å². The standard InChI is InChI=1S/C18H21N3O5/c1-5-6-21-9-11-14(17(21)22)15(20-18(23)19-11)10-7-12(24-2)16(26-4)13(8-10)25-3/h5,7-8,15H,1,6,9H2,2-4H3,(H2,19,20,23)/t15-/m0/s1. The fourth-order valence-electron chi connectivity index (χ4n) is 3.25. The smallest absolute Gasteiger partial charge is 0.319 e. The van der Waals surface area contributed by atoms with Crippen LogP contribution in [0.4, 0.5) is 4.79 Å². The summed E-state index contributed by atoms with van der Waals surface area (Å²) in [6.07, 6.45) is 1.65. The monoisotopic (exact) mass is 359 g/mol. The van der Waals surface area contributed by atoms with Crippen LogP contribution in [0.1, 0.15) is 11.6 Å². The van der Waals surface area contributed by atoms with E-state index in [4.69, 9.17) is 14.2 Å². The third-order valence-electron chi connectivity index (χ3n) is 4.39. The lowest BCUT2D eigenvalue weighted by atomic mass is 9.95. The first kappa shape index (κ1) is 17.7. The Bertz CT molecular complexity index is 777. The number of nitrogens with one attached hydrogen (secondary N) is 2. The lowest BCUT2D eigenvalue weighted by molar-refractivity contribution is -0.125. The van der Waals surface area contributed by atoms with Gasteiger partial charge in [-0.15, -0.1) is 6.58 Å². The molecule has 2 aliphatic heterocycles. The van der Waals surface area contributed by atoms with E-state index >= 15 is 0 Å². The molecule has 2 heterocycles. The first-order valence-corrected chi connectivity index (χ1v) is 8.04. The number of hydrogen-bond donors (Lipinski definition) is 2. The van der Waals surface area contributed by atoms with Crippen LogP contribution in [0.25, 0.3) is 0 Å². The molecule has 3 rings (SSSR count). The molecular formula is C18H21N3O5. The molecule has 0 radical (unpaired) electrons. The van der Waals surface area contributed by atoms with E-state index in [1.165, 1.54) is 21.3 Å². The number of amides is 3. The van der Waals surface area contributed by atoms with E-state index in [0.717, 1.165) is 0 Å². The van der Waals surface area contributed by atoms with E-state index in [1.807, 2.05) is 0 Å². The maximum atomic E-state index is 12.8. The van der Waals surface area contributed by atoms with Gasteiger partial charge >= 0.3 is 6.03 Å². The number of carbonyl (C=O) groups excluding carboxylic acids is 2. The zero-order chi connectivity index (χ0) is 18.8. The van der Waals surface area contributed by atoms with Gasteiger partial charge in [0.25, 0.3) is 5.91 Å². The topological polar surface area (TPSA) is 89.1 Å². The van der Waals surface area contributed by atoms with Gasteiger partial charge in [-0.3, -0.25) is 4.79 Å². The summed E-state index contributed by atoms with van der Waals surface area (Å²) in [4.78, 5) is 26.5. The third kappa shape index (κ3) is 2.83. The summed E-state index contributed by atoms with van der Waals surface area (Å²) in [5, 5.41) is 5.53. The molecule has 1 atom stereocenters. The Balaban J connectivity index is 2.07. The van der Waals surface area contributed by atoms with Gasteiger partial charge < -0.3 is 29.7 Å². The first-order chi connectivity index (χ1) is 12.5. The second-order valence-corrected chi connectivity index (χ2v) is 5.86. The van der Waals surface area contributed by atoms with Crippen LogP contribution in [0.2, 0.25) is 0 Å². The molecular weight excluding hydrogens is 338 g/mol. The maximum Gasteiger partial charge on any atom is 0.319 e. The SMILES string of the molecule is C=CCN1CC2=C(C1=O)[C@H](c1cc(OC)c(OC)c(OC)c1)NC(=O)N2. The van der Waals surface area contributed by atoms with Crippen LogP contribution in [0.15, 0.2) is 36.1 Å². The largest absolute Gasteiger partial charge is 0.493 e. The van der Waals surface area contributed by atoms with Crippen molar-refractivity contribution in [2.24, 2.45) is 0 Å². The molecule has 0 saturated heterocycles. The number of methoxy groups -OCH3 is 3. The lowest BCUT2D eigenvalue weighted by Gasteiger charge is -2.26. The Labute approximate surface area is 151 Å². The summed E-state index contributed by atoms with van der Waals surface area (Å²) in [7, 11) is 4.54. The van der Waals surface area contributed by atoms with Crippen LogP contribution >= 0.6 is 0 Å². The van der Waals surface area contributed by atoms with Crippen LogP contribution < -0.4 is 24.8 Å². The molecule has 8 heteroatoms. The molecule has 2 N–H and O–H groups in total. The van der Waals surface area contributed by atoms with Crippen molar-refractivity contribution in [3.8, 4) is 17.2 Å². The zero-order valence-corrected chi connectivity index (χ0v) is 14.9. The summed E-state index contributed by atoms with van der Waals surface area (Å²) in [6, 6.07) is 2.47. The summed E-state index contributed by atoms with van der Waals surface area (Å²) in [6.45, 7) is 4.42. The highest BCUT2D eigenvalue weighted by molar-refractivity contribution is 6.01. The second kappa shape index (κ2) is 6.99. The molecule has 1 aromatic rings. The molecule has 2 aliphatic rings. The van der Waals surface area contributed by atoms with Crippen LogP contribution in [0.5, 0.6) is 17.2 Å². The van der Waals surface area contributed by atoms with Gasteiger partial charge in [0.1, 0.15) is 0 Å². The molecule has 0 bridgehead atoms. The molecule has 0 aromatic heterocycles. The highest BCUT2D eigenvalue weighted by Gasteiger charge is 2.40. The maximum absolute atomic E-state index is 12.8. The molecule has 0 unspecified atom stereocenters. The van der Waals surface area contributed by atoms with Crippen molar-refractivity contribution in [1.82, 2.24) is 15.5 Å². The van der Waals surface area contributed by atoms with Crippen LogP contribution in [0.3, 0.4) is 0 Å². The Morgan fingerprint density at radius 3 is 2.38 bits per heavy atom. The van der Waals surface area contributed by atoms with Crippen molar-refractivity contribution < 1.29 is 23.8 Å². The minimum Gasteiger partial charge on any atom is -0.493 e. The number of hydrogen-bond acceptors (Lipinski definition) is 5. The molecule has 0 spiro atoms. The summed E-state index contributed by atoms with van der Waals surface area (Å²) < 4.78 is 16.1. The van der Waals surface area contributed by atoms with E-state index in [-0.39, 0.29) is 11.9 Å². The second-order valence-electron chi connectivity index (χ2n) is 5.86. The lowest BCUT2D eigenvalue weighted by Crippen LogP contribution is -2.44. The van der Waals surface area contributed by atoms with Gasteiger partial charge in [0.05, 0.1) is 45.2 Å². The van der Waals surface area contributed by atoms with Crippen molar-refractivity contribution in [2.45, 2.75) is 6.04 Å². The molecule has 0 fully saturated rings. The van der Waals surface area contributed by atoms with Crippen molar-refractivity contribution in [1.29, 1.82) is 0 Å². The third-order valence-corrected chi connectivity index (χ3v) is 4.39. The van der Waals surface area contributed by atoms with Crippen molar-refractivity contribution in [3.63, 3.8) is 0 Å². The Morgan fingerprint density at radius 1 is 1.19 bits per heavy atom. The summed E-state index contributed by atoms with van der Waals surface area (Å²) in [5.74, 6) is 1.20. The van der Waals surface area contributed by atoms with Gasteiger partial charge in [-0.25, -0.2) is 4.79 Å². The molecule has 8 nitrogen and oxygen atoms in total. The Hall–Kier alpha value is -3.16. The highest BCUT2D eigenvalue weighted by atomic mass is 16.5. The quantitative estimate of drug-likeness (QED) is 0.749. The molecule has 1 aromatic carbocycles. The molecule has 26 heavy (non-hydrogen) atoms. The van der Waals surface area contributed by atoms with Gasteiger partial charge in [-0.1, -0.05) is 6.08 Å². The summed E-state index contributed by atoms with van der Waals surface area (Å²) >= 11 is 0. The summed E-state index contributed by atoms with van der Waals surface area (Å²) in [5.41, 5.74) is 1.76. The Morgan fingerprint density at radius 2 is 1.85 bits per heavy atom. The fraction of sp³-hybridized carbons (Fsp3) is 0.333. The van der Waals surface area contributed by atoms with Crippen molar-refractivity contribution in [3.05, 3.63) is 41.6 Å². The van der Waals surface area contributed by atoms with E-state index in [1.54, 1.807) is 23.1 Å². The zero-order valence-electron chi connectivity index (χ0n) is 14.9. The van der Waals surface area contributed by atoms with Gasteiger partial charge in [-0.2, -0.15) is 0 Å². The number of nitrogens with zero attached hydrogens (tertiary/aromatic N) is 1.